The molecule has 0 aromatic heterocycles. The van der Waals surface area contributed by atoms with Crippen molar-refractivity contribution in [3.63, 3.8) is 0 Å². The second kappa shape index (κ2) is 11.4. The molecule has 1 heterocycles. The molecule has 7 heteroatoms. The number of rotatable bonds is 4. The summed E-state index contributed by atoms with van der Waals surface area (Å²) in [6, 6.07) is 7.29. The number of carbonyl (C=O) groups excluding carboxylic acids is 1. The number of cyclic esters (lactones) is 1. The monoisotopic (exact) mass is 450 g/mol. The lowest BCUT2D eigenvalue weighted by Gasteiger charge is -2.34. The molecule has 0 saturated carbocycles. The summed E-state index contributed by atoms with van der Waals surface area (Å²) in [4.78, 5) is 12.6. The fourth-order valence-corrected chi connectivity index (χ4v) is 4.01. The molecule has 7 nitrogen and oxygen atoms in total. The maximum atomic E-state index is 12.6. The number of carbonyl (C=O) groups is 1. The van der Waals surface area contributed by atoms with Crippen LogP contribution < -0.4 is 0 Å². The van der Waals surface area contributed by atoms with Gasteiger partial charge in [0, 0.05) is 37.2 Å². The van der Waals surface area contributed by atoms with Crippen LogP contribution in [-0.2, 0) is 21.4 Å². The lowest BCUT2D eigenvalue weighted by Crippen LogP contribution is -2.41. The van der Waals surface area contributed by atoms with Crippen molar-refractivity contribution in [2.75, 3.05) is 6.61 Å². The molecule has 0 fully saturated rings. The highest BCUT2D eigenvalue weighted by Gasteiger charge is 2.35. The molecule has 0 saturated heterocycles. The van der Waals surface area contributed by atoms with Crippen LogP contribution in [0, 0.1) is 5.92 Å². The maximum absolute atomic E-state index is 12.6. The van der Waals surface area contributed by atoms with Crippen LogP contribution in [0.15, 0.2) is 35.9 Å². The first-order valence-corrected chi connectivity index (χ1v) is 11.3. The largest absolute Gasteiger partial charge is 0.456 e. The molecule has 5 N–H and O–H groups in total. The van der Waals surface area contributed by atoms with Gasteiger partial charge in [-0.05, 0) is 30.0 Å². The van der Waals surface area contributed by atoms with Crippen molar-refractivity contribution in [3.8, 4) is 0 Å². The van der Waals surface area contributed by atoms with Gasteiger partial charge in [-0.15, -0.1) is 0 Å². The molecule has 0 radical (unpaired) electrons. The Morgan fingerprint density at radius 3 is 2.53 bits per heavy atom. The third-order valence-corrected chi connectivity index (χ3v) is 6.56. The number of fused-ring (bicyclic) bond motifs is 2. The second-order valence-corrected chi connectivity index (χ2v) is 9.47. The van der Waals surface area contributed by atoms with Gasteiger partial charge in [0.25, 0.3) is 0 Å². The average molecular weight is 451 g/mol. The minimum atomic E-state index is -1.74. The van der Waals surface area contributed by atoms with Crippen molar-refractivity contribution in [1.29, 1.82) is 0 Å². The highest BCUT2D eigenvalue weighted by Crippen LogP contribution is 2.32. The van der Waals surface area contributed by atoms with Gasteiger partial charge in [-0.25, -0.2) is 4.79 Å². The first-order valence-electron chi connectivity index (χ1n) is 11.3. The van der Waals surface area contributed by atoms with Crippen molar-refractivity contribution < 1.29 is 35.1 Å². The Bertz CT molecular complexity index is 784. The number of benzene rings is 1. The standard InChI is InChI=1S/C25H38O7/c1-5-16(14-26)9-15(2)21-12-19(27)13-22(29)25(3,4)18-8-6-7-17(10-18)11-20(28)23(30)24(31)32-21/h6-10,16,19-23,26-30H,5,11-14H2,1-4H3/b15-9-/t16-,19-,20+,21?,22-,23-/m0/s1. The third kappa shape index (κ3) is 6.62. The minimum absolute atomic E-state index is 0.0198. The van der Waals surface area contributed by atoms with Gasteiger partial charge in [0.05, 0.1) is 18.3 Å². The smallest absolute Gasteiger partial charge is 0.338 e. The molecule has 1 aliphatic rings. The molecule has 1 aromatic rings. The Kier molecular flexibility index (Phi) is 9.42. The summed E-state index contributed by atoms with van der Waals surface area (Å²) in [7, 11) is 0. The molecule has 32 heavy (non-hydrogen) atoms. The van der Waals surface area contributed by atoms with Crippen molar-refractivity contribution in [2.24, 2.45) is 5.92 Å². The van der Waals surface area contributed by atoms with E-state index in [1.165, 1.54) is 0 Å². The fourth-order valence-electron chi connectivity index (χ4n) is 4.01. The molecule has 1 aliphatic heterocycles. The van der Waals surface area contributed by atoms with Crippen LogP contribution in [0.2, 0.25) is 0 Å². The topological polar surface area (TPSA) is 127 Å². The number of aliphatic hydroxyl groups excluding tert-OH is 5. The first-order chi connectivity index (χ1) is 15.0. The summed E-state index contributed by atoms with van der Waals surface area (Å²) >= 11 is 0. The van der Waals surface area contributed by atoms with Crippen LogP contribution in [0.25, 0.3) is 0 Å². The predicted octanol–water partition coefficient (Wildman–Crippen LogP) is 1.62. The van der Waals surface area contributed by atoms with Gasteiger partial charge in [0.2, 0.25) is 0 Å². The van der Waals surface area contributed by atoms with Gasteiger partial charge < -0.3 is 30.3 Å². The van der Waals surface area contributed by atoms with Crippen molar-refractivity contribution in [1.82, 2.24) is 0 Å². The zero-order valence-corrected chi connectivity index (χ0v) is 19.4. The fraction of sp³-hybridized carbons (Fsp3) is 0.640. The lowest BCUT2D eigenvalue weighted by molar-refractivity contribution is -0.164. The molecule has 180 valence electrons. The first kappa shape index (κ1) is 26.5. The molecule has 1 aromatic carbocycles. The van der Waals surface area contributed by atoms with E-state index in [0.29, 0.717) is 17.6 Å². The zero-order valence-electron chi connectivity index (χ0n) is 19.4. The number of hydrogen-bond donors (Lipinski definition) is 5. The van der Waals surface area contributed by atoms with E-state index in [1.54, 1.807) is 25.1 Å². The lowest BCUT2D eigenvalue weighted by atomic mass is 9.76. The van der Waals surface area contributed by atoms with Crippen LogP contribution in [-0.4, -0.2) is 68.6 Å². The summed E-state index contributed by atoms with van der Waals surface area (Å²) in [5.74, 6) is -1.11. The van der Waals surface area contributed by atoms with Crippen molar-refractivity contribution >= 4 is 5.97 Å². The normalized spacial score (nSPS) is 30.8. The number of hydrogen-bond acceptors (Lipinski definition) is 7. The molecule has 6 atom stereocenters. The Labute approximate surface area is 190 Å². The molecule has 2 bridgehead atoms. The van der Waals surface area contributed by atoms with Gasteiger partial charge in [-0.1, -0.05) is 51.1 Å². The highest BCUT2D eigenvalue weighted by molar-refractivity contribution is 5.75. The Morgan fingerprint density at radius 2 is 1.91 bits per heavy atom. The van der Waals surface area contributed by atoms with E-state index in [1.807, 2.05) is 32.9 Å². The number of aliphatic hydroxyl groups is 5. The van der Waals surface area contributed by atoms with Gasteiger partial charge in [0.15, 0.2) is 6.10 Å². The van der Waals surface area contributed by atoms with E-state index in [0.717, 1.165) is 5.56 Å². The second-order valence-electron chi connectivity index (χ2n) is 9.47. The van der Waals surface area contributed by atoms with Crippen LogP contribution in [0.3, 0.4) is 0 Å². The maximum Gasteiger partial charge on any atom is 0.338 e. The van der Waals surface area contributed by atoms with Gasteiger partial charge in [-0.3, -0.25) is 0 Å². The average Bonchev–Trinajstić information content (AvgIpc) is 2.75. The number of ether oxygens (including phenoxy) is 1. The SMILES string of the molecule is CC[C@@H](/C=C(/C)C1C[C@H](O)C[C@H](O)C(C)(C)c2cccc(c2)C[C@@H](O)[C@H](O)C(=O)O1)CO. The van der Waals surface area contributed by atoms with Crippen LogP contribution in [0.4, 0.5) is 0 Å². The molecule has 0 spiro atoms. The summed E-state index contributed by atoms with van der Waals surface area (Å²) < 4.78 is 5.50. The van der Waals surface area contributed by atoms with E-state index >= 15 is 0 Å². The third-order valence-electron chi connectivity index (χ3n) is 6.56. The molecular weight excluding hydrogens is 412 g/mol. The molecule has 0 aliphatic carbocycles. The van der Waals surface area contributed by atoms with Crippen molar-refractivity contribution in [3.05, 3.63) is 47.0 Å². The van der Waals surface area contributed by atoms with Crippen molar-refractivity contribution in [2.45, 2.75) is 89.3 Å². The van der Waals surface area contributed by atoms with Crippen LogP contribution in [0.5, 0.6) is 0 Å². The molecular formula is C25H38O7. The van der Waals surface area contributed by atoms with Crippen LogP contribution >= 0.6 is 0 Å². The quantitative estimate of drug-likeness (QED) is 0.348. The van der Waals surface area contributed by atoms with E-state index in [4.69, 9.17) is 4.74 Å². The Hall–Kier alpha value is -1.77. The van der Waals surface area contributed by atoms with Gasteiger partial charge >= 0.3 is 5.97 Å². The highest BCUT2D eigenvalue weighted by atomic mass is 16.6. The summed E-state index contributed by atoms with van der Waals surface area (Å²) in [5.41, 5.74) is 1.50. The van der Waals surface area contributed by atoms with E-state index in [9.17, 15) is 30.3 Å². The van der Waals surface area contributed by atoms with E-state index < -0.39 is 41.9 Å². The minimum Gasteiger partial charge on any atom is -0.456 e. The predicted molar refractivity (Wildman–Crippen MR) is 121 cm³/mol. The summed E-state index contributed by atoms with van der Waals surface area (Å²) in [5, 5.41) is 52.0. The summed E-state index contributed by atoms with van der Waals surface area (Å²) in [6.07, 6.45) is -3.22. The number of esters is 1. The van der Waals surface area contributed by atoms with Gasteiger partial charge in [-0.2, -0.15) is 0 Å². The molecule has 1 unspecified atom stereocenters. The van der Waals surface area contributed by atoms with Gasteiger partial charge in [0.1, 0.15) is 6.10 Å². The van der Waals surface area contributed by atoms with E-state index in [-0.39, 0.29) is 31.8 Å². The molecule has 0 amide bonds. The Morgan fingerprint density at radius 1 is 1.22 bits per heavy atom. The Balaban J connectivity index is 2.42. The zero-order chi connectivity index (χ0) is 24.1. The van der Waals surface area contributed by atoms with Crippen LogP contribution in [0.1, 0.15) is 58.1 Å². The summed E-state index contributed by atoms with van der Waals surface area (Å²) in [6.45, 7) is 7.36. The molecule has 2 rings (SSSR count). The van der Waals surface area contributed by atoms with E-state index in [2.05, 4.69) is 0 Å².